The monoisotopic (exact) mass is 369 g/mol. The van der Waals surface area contributed by atoms with Crippen molar-refractivity contribution >= 4 is 45.0 Å². The minimum Gasteiger partial charge on any atom is -0.378 e. The molecule has 1 N–H and O–H groups in total. The summed E-state index contributed by atoms with van der Waals surface area (Å²) in [6, 6.07) is 12.8. The first kappa shape index (κ1) is 15.7. The molecule has 2 rings (SSSR count). The molecule has 0 heterocycles. The number of halogens is 2. The summed E-state index contributed by atoms with van der Waals surface area (Å²) >= 11 is 11.5. The normalized spacial score (nSPS) is 12.2. The molecule has 0 aliphatic heterocycles. The highest BCUT2D eigenvalue weighted by Crippen LogP contribution is 2.32. The Morgan fingerprint density at radius 3 is 2.45 bits per heavy atom. The number of hydrogen-bond donors (Lipinski definition) is 1. The van der Waals surface area contributed by atoms with Crippen molar-refractivity contribution in [1.82, 2.24) is 0 Å². The molecule has 0 saturated carbocycles. The van der Waals surface area contributed by atoms with Gasteiger partial charge in [0.25, 0.3) is 0 Å². The van der Waals surface area contributed by atoms with E-state index in [0.29, 0.717) is 0 Å². The zero-order chi connectivity index (χ0) is 14.7. The van der Waals surface area contributed by atoms with Gasteiger partial charge in [-0.15, -0.1) is 11.8 Å². The topological polar surface area (TPSA) is 12.0 Å². The van der Waals surface area contributed by atoms with E-state index in [1.165, 1.54) is 10.5 Å². The van der Waals surface area contributed by atoms with Crippen LogP contribution in [0, 0.1) is 6.92 Å². The van der Waals surface area contributed by atoms with Gasteiger partial charge in [-0.2, -0.15) is 0 Å². The van der Waals surface area contributed by atoms with Gasteiger partial charge in [-0.05, 0) is 71.4 Å². The van der Waals surface area contributed by atoms with Crippen LogP contribution in [0.2, 0.25) is 5.02 Å². The van der Waals surface area contributed by atoms with Gasteiger partial charge in [-0.25, -0.2) is 0 Å². The summed E-state index contributed by atoms with van der Waals surface area (Å²) in [6.45, 7) is 4.15. The number of aryl methyl sites for hydroxylation is 1. The highest BCUT2D eigenvalue weighted by atomic mass is 79.9. The van der Waals surface area contributed by atoms with Crippen LogP contribution in [-0.2, 0) is 0 Å². The molecule has 20 heavy (non-hydrogen) atoms. The maximum atomic E-state index is 6.19. The van der Waals surface area contributed by atoms with Crippen LogP contribution >= 0.6 is 39.3 Å². The Morgan fingerprint density at radius 1 is 1.20 bits per heavy atom. The zero-order valence-electron chi connectivity index (χ0n) is 11.7. The molecule has 0 radical (unpaired) electrons. The van der Waals surface area contributed by atoms with Crippen LogP contribution in [0.4, 0.5) is 5.69 Å². The smallest absolute Gasteiger partial charge is 0.0504 e. The van der Waals surface area contributed by atoms with Gasteiger partial charge in [-0.1, -0.05) is 23.7 Å². The summed E-state index contributed by atoms with van der Waals surface area (Å²) in [5, 5.41) is 4.27. The Balaban J connectivity index is 2.18. The lowest BCUT2D eigenvalue weighted by Crippen LogP contribution is -2.07. The van der Waals surface area contributed by atoms with Gasteiger partial charge in [0.2, 0.25) is 0 Å². The van der Waals surface area contributed by atoms with Crippen molar-refractivity contribution in [3.8, 4) is 0 Å². The third kappa shape index (κ3) is 3.72. The van der Waals surface area contributed by atoms with Crippen molar-refractivity contribution in [3.05, 3.63) is 57.0 Å². The first-order chi connectivity index (χ1) is 9.51. The molecule has 2 aromatic carbocycles. The summed E-state index contributed by atoms with van der Waals surface area (Å²) in [5.41, 5.74) is 3.34. The number of thioether (sulfide) groups is 1. The molecule has 106 valence electrons. The van der Waals surface area contributed by atoms with Gasteiger partial charge >= 0.3 is 0 Å². The molecule has 0 aliphatic rings. The largest absolute Gasteiger partial charge is 0.378 e. The molecular weight excluding hydrogens is 354 g/mol. The SMILES string of the molecule is CSc1ccc(C(C)Nc2cc(Cl)c(C)cc2Br)cc1. The molecule has 4 heteroatoms. The van der Waals surface area contributed by atoms with Gasteiger partial charge in [0.15, 0.2) is 0 Å². The van der Waals surface area contributed by atoms with Crippen LogP contribution in [0.5, 0.6) is 0 Å². The third-order valence-corrected chi connectivity index (χ3v) is 5.04. The fourth-order valence-corrected chi connectivity index (χ4v) is 3.11. The van der Waals surface area contributed by atoms with Crippen molar-refractivity contribution < 1.29 is 0 Å². The van der Waals surface area contributed by atoms with Crippen LogP contribution in [0.15, 0.2) is 45.8 Å². The second-order valence-corrected chi connectivity index (χ2v) is 6.86. The number of hydrogen-bond acceptors (Lipinski definition) is 2. The van der Waals surface area contributed by atoms with Crippen molar-refractivity contribution in [2.24, 2.45) is 0 Å². The van der Waals surface area contributed by atoms with E-state index >= 15 is 0 Å². The fourth-order valence-electron chi connectivity index (χ4n) is 1.97. The van der Waals surface area contributed by atoms with Crippen LogP contribution in [-0.4, -0.2) is 6.26 Å². The van der Waals surface area contributed by atoms with Crippen molar-refractivity contribution in [2.75, 3.05) is 11.6 Å². The summed E-state index contributed by atoms with van der Waals surface area (Å²) < 4.78 is 1.03. The number of benzene rings is 2. The third-order valence-electron chi connectivity index (χ3n) is 3.24. The number of anilines is 1. The maximum absolute atomic E-state index is 6.19. The van der Waals surface area contributed by atoms with E-state index in [9.17, 15) is 0 Å². The molecular formula is C16H17BrClNS. The highest BCUT2D eigenvalue weighted by Gasteiger charge is 2.09. The summed E-state index contributed by atoms with van der Waals surface area (Å²) in [4.78, 5) is 1.28. The fraction of sp³-hybridized carbons (Fsp3) is 0.250. The summed E-state index contributed by atoms with van der Waals surface area (Å²) in [5.74, 6) is 0. The summed E-state index contributed by atoms with van der Waals surface area (Å²) in [6.07, 6.45) is 2.09. The Kier molecular flexibility index (Phi) is 5.42. The van der Waals surface area contributed by atoms with Gasteiger partial charge in [0.05, 0.1) is 5.69 Å². The zero-order valence-corrected chi connectivity index (χ0v) is 14.9. The van der Waals surface area contributed by atoms with Gasteiger partial charge in [0.1, 0.15) is 0 Å². The molecule has 0 saturated heterocycles. The van der Waals surface area contributed by atoms with E-state index in [-0.39, 0.29) is 6.04 Å². The number of rotatable bonds is 4. The molecule has 0 spiro atoms. The van der Waals surface area contributed by atoms with Crippen LogP contribution in [0.25, 0.3) is 0 Å². The van der Waals surface area contributed by atoms with Gasteiger partial charge in [0, 0.05) is 20.4 Å². The standard InChI is InChI=1S/C16H17BrClNS/c1-10-8-14(17)16(9-15(10)18)19-11(2)12-4-6-13(20-3)7-5-12/h4-9,11,19H,1-3H3. The van der Waals surface area contributed by atoms with E-state index < -0.39 is 0 Å². The lowest BCUT2D eigenvalue weighted by atomic mass is 10.1. The van der Waals surface area contributed by atoms with E-state index in [4.69, 9.17) is 11.6 Å². The number of nitrogens with one attached hydrogen (secondary N) is 1. The Hall–Kier alpha value is -0.640. The first-order valence-electron chi connectivity index (χ1n) is 6.37. The molecule has 2 aromatic rings. The van der Waals surface area contributed by atoms with Crippen molar-refractivity contribution in [2.45, 2.75) is 24.8 Å². The lowest BCUT2D eigenvalue weighted by Gasteiger charge is -2.18. The van der Waals surface area contributed by atoms with Crippen LogP contribution < -0.4 is 5.32 Å². The molecule has 1 unspecified atom stereocenters. The maximum Gasteiger partial charge on any atom is 0.0504 e. The van der Waals surface area contributed by atoms with Crippen molar-refractivity contribution in [1.29, 1.82) is 0 Å². The second kappa shape index (κ2) is 6.88. The van der Waals surface area contributed by atoms with E-state index in [2.05, 4.69) is 58.7 Å². The van der Waals surface area contributed by atoms with Crippen LogP contribution in [0.1, 0.15) is 24.1 Å². The van der Waals surface area contributed by atoms with Gasteiger partial charge < -0.3 is 5.32 Å². The Morgan fingerprint density at radius 2 is 1.85 bits per heavy atom. The molecule has 0 amide bonds. The predicted molar refractivity (Wildman–Crippen MR) is 94.1 cm³/mol. The van der Waals surface area contributed by atoms with E-state index in [1.54, 1.807) is 11.8 Å². The average Bonchev–Trinajstić information content (AvgIpc) is 2.44. The second-order valence-electron chi connectivity index (χ2n) is 4.72. The Labute approximate surface area is 138 Å². The predicted octanol–water partition coefficient (Wildman–Crippen LogP) is 6.31. The quantitative estimate of drug-likeness (QED) is 0.633. The van der Waals surface area contributed by atoms with Crippen LogP contribution in [0.3, 0.4) is 0 Å². The molecule has 1 atom stereocenters. The minimum absolute atomic E-state index is 0.223. The molecule has 0 fully saturated rings. The molecule has 0 aromatic heterocycles. The first-order valence-corrected chi connectivity index (χ1v) is 8.77. The highest BCUT2D eigenvalue weighted by molar-refractivity contribution is 9.10. The van der Waals surface area contributed by atoms with E-state index in [1.807, 2.05) is 19.1 Å². The average molecular weight is 371 g/mol. The molecule has 0 bridgehead atoms. The summed E-state index contributed by atoms with van der Waals surface area (Å²) in [7, 11) is 0. The molecule has 1 nitrogen and oxygen atoms in total. The Bertz CT molecular complexity index is 598. The van der Waals surface area contributed by atoms with E-state index in [0.717, 1.165) is 20.7 Å². The lowest BCUT2D eigenvalue weighted by molar-refractivity contribution is 0.881. The van der Waals surface area contributed by atoms with Crippen molar-refractivity contribution in [3.63, 3.8) is 0 Å². The minimum atomic E-state index is 0.223. The molecule has 0 aliphatic carbocycles. The van der Waals surface area contributed by atoms with Gasteiger partial charge in [-0.3, -0.25) is 0 Å².